The molecule has 7 heteroatoms. The summed E-state index contributed by atoms with van der Waals surface area (Å²) in [5.41, 5.74) is 4.11. The summed E-state index contributed by atoms with van der Waals surface area (Å²) >= 11 is 0. The van der Waals surface area contributed by atoms with Crippen LogP contribution in [0.4, 0.5) is 10.5 Å². The number of oxazole rings is 1. The Labute approximate surface area is 194 Å². The first kappa shape index (κ1) is 22.6. The van der Waals surface area contributed by atoms with Gasteiger partial charge in [-0.15, -0.1) is 0 Å². The number of aryl methyl sites for hydroxylation is 1. The number of urea groups is 1. The summed E-state index contributed by atoms with van der Waals surface area (Å²) < 4.78 is 5.55. The van der Waals surface area contributed by atoms with E-state index in [1.165, 1.54) is 24.8 Å². The van der Waals surface area contributed by atoms with Crippen molar-refractivity contribution in [2.45, 2.75) is 51.5 Å². The predicted octanol–water partition coefficient (Wildman–Crippen LogP) is 5.08. The van der Waals surface area contributed by atoms with Crippen molar-refractivity contribution in [3.63, 3.8) is 0 Å². The molecule has 3 aromatic rings. The minimum atomic E-state index is -0.309. The SMILES string of the molecule is Cc1ccc(-c2nc(CCNC(=O)Nc3ccc(C(=O)NC4CCCCC4)cc3)co2)cc1. The van der Waals surface area contributed by atoms with Gasteiger partial charge < -0.3 is 20.4 Å². The van der Waals surface area contributed by atoms with E-state index in [-0.39, 0.29) is 18.0 Å². The summed E-state index contributed by atoms with van der Waals surface area (Å²) in [6, 6.07) is 14.9. The average molecular weight is 447 g/mol. The van der Waals surface area contributed by atoms with Crippen LogP contribution in [0.25, 0.3) is 11.5 Å². The van der Waals surface area contributed by atoms with E-state index in [1.807, 2.05) is 31.2 Å². The lowest BCUT2D eigenvalue weighted by molar-refractivity contribution is 0.0927. The maximum atomic E-state index is 12.4. The van der Waals surface area contributed by atoms with Crippen molar-refractivity contribution in [2.24, 2.45) is 0 Å². The molecule has 4 rings (SSSR count). The van der Waals surface area contributed by atoms with Gasteiger partial charge in [0.25, 0.3) is 5.91 Å². The molecule has 1 aliphatic carbocycles. The zero-order valence-corrected chi connectivity index (χ0v) is 18.9. The van der Waals surface area contributed by atoms with E-state index in [1.54, 1.807) is 30.5 Å². The Morgan fingerprint density at radius 3 is 2.45 bits per heavy atom. The molecular formula is C26H30N4O3. The lowest BCUT2D eigenvalue weighted by atomic mass is 9.95. The normalized spacial score (nSPS) is 14.0. The first-order valence-corrected chi connectivity index (χ1v) is 11.5. The van der Waals surface area contributed by atoms with Crippen LogP contribution in [0.15, 0.2) is 59.2 Å². The van der Waals surface area contributed by atoms with E-state index < -0.39 is 0 Å². The number of hydrogen-bond acceptors (Lipinski definition) is 4. The minimum Gasteiger partial charge on any atom is -0.444 e. The van der Waals surface area contributed by atoms with Crippen LogP contribution >= 0.6 is 0 Å². The van der Waals surface area contributed by atoms with Crippen molar-refractivity contribution < 1.29 is 14.0 Å². The Bertz CT molecular complexity index is 1070. The van der Waals surface area contributed by atoms with E-state index in [0.29, 0.717) is 30.1 Å². The molecule has 33 heavy (non-hydrogen) atoms. The summed E-state index contributed by atoms with van der Waals surface area (Å²) in [4.78, 5) is 29.1. The van der Waals surface area contributed by atoms with Crippen molar-refractivity contribution in [1.82, 2.24) is 15.6 Å². The summed E-state index contributed by atoms with van der Waals surface area (Å²) in [7, 11) is 0. The highest BCUT2D eigenvalue weighted by atomic mass is 16.3. The molecule has 0 atom stereocenters. The molecule has 1 saturated carbocycles. The first-order valence-electron chi connectivity index (χ1n) is 11.5. The number of anilines is 1. The van der Waals surface area contributed by atoms with Crippen molar-refractivity contribution in [3.05, 3.63) is 71.6 Å². The Morgan fingerprint density at radius 2 is 1.73 bits per heavy atom. The highest BCUT2D eigenvalue weighted by Gasteiger charge is 2.16. The van der Waals surface area contributed by atoms with Gasteiger partial charge in [0.1, 0.15) is 6.26 Å². The summed E-state index contributed by atoms with van der Waals surface area (Å²) in [5.74, 6) is 0.512. The predicted molar refractivity (Wildman–Crippen MR) is 128 cm³/mol. The fourth-order valence-corrected chi connectivity index (χ4v) is 3.95. The largest absolute Gasteiger partial charge is 0.444 e. The molecule has 2 aromatic carbocycles. The number of carbonyl (C=O) groups is 2. The van der Waals surface area contributed by atoms with Crippen molar-refractivity contribution in [2.75, 3.05) is 11.9 Å². The molecule has 0 unspecified atom stereocenters. The second-order valence-electron chi connectivity index (χ2n) is 8.53. The molecule has 0 radical (unpaired) electrons. The van der Waals surface area contributed by atoms with Crippen LogP contribution in [0.3, 0.4) is 0 Å². The number of benzene rings is 2. The van der Waals surface area contributed by atoms with Gasteiger partial charge in [0, 0.05) is 35.8 Å². The zero-order valence-electron chi connectivity index (χ0n) is 18.9. The number of rotatable bonds is 7. The third-order valence-corrected chi connectivity index (χ3v) is 5.86. The third kappa shape index (κ3) is 6.44. The van der Waals surface area contributed by atoms with E-state index >= 15 is 0 Å². The van der Waals surface area contributed by atoms with E-state index in [9.17, 15) is 9.59 Å². The maximum Gasteiger partial charge on any atom is 0.319 e. The van der Waals surface area contributed by atoms with E-state index in [4.69, 9.17) is 4.42 Å². The second-order valence-corrected chi connectivity index (χ2v) is 8.53. The molecule has 0 aliphatic heterocycles. The number of hydrogen-bond donors (Lipinski definition) is 3. The standard InChI is InChI=1S/C26H30N4O3/c1-18-7-9-20(10-8-18)25-29-23(17-33-25)15-16-27-26(32)30-22-13-11-19(12-14-22)24(31)28-21-5-3-2-4-6-21/h7-14,17,21H,2-6,15-16H2,1H3,(H,28,31)(H2,27,30,32). The van der Waals surface area contributed by atoms with Gasteiger partial charge >= 0.3 is 6.03 Å². The van der Waals surface area contributed by atoms with Crippen LogP contribution < -0.4 is 16.0 Å². The minimum absolute atomic E-state index is 0.0597. The average Bonchev–Trinajstić information content (AvgIpc) is 3.29. The van der Waals surface area contributed by atoms with Gasteiger partial charge in [-0.05, 0) is 56.2 Å². The zero-order chi connectivity index (χ0) is 23.0. The Morgan fingerprint density at radius 1 is 1.00 bits per heavy atom. The number of amides is 3. The molecule has 3 amide bonds. The topological polar surface area (TPSA) is 96.3 Å². The molecule has 172 valence electrons. The highest BCUT2D eigenvalue weighted by molar-refractivity contribution is 5.95. The molecule has 1 heterocycles. The van der Waals surface area contributed by atoms with Gasteiger partial charge in [-0.2, -0.15) is 0 Å². The molecule has 3 N–H and O–H groups in total. The fourth-order valence-electron chi connectivity index (χ4n) is 3.95. The summed E-state index contributed by atoms with van der Waals surface area (Å²) in [6.07, 6.45) is 7.87. The highest BCUT2D eigenvalue weighted by Crippen LogP contribution is 2.20. The molecule has 1 aliphatic rings. The summed E-state index contributed by atoms with van der Waals surface area (Å²) in [6.45, 7) is 2.46. The molecule has 0 saturated heterocycles. The van der Waals surface area contributed by atoms with Crippen LogP contribution in [0.2, 0.25) is 0 Å². The van der Waals surface area contributed by atoms with E-state index in [0.717, 1.165) is 24.1 Å². The molecule has 7 nitrogen and oxygen atoms in total. The monoisotopic (exact) mass is 446 g/mol. The van der Waals surface area contributed by atoms with Crippen LogP contribution in [0.1, 0.15) is 53.7 Å². The molecule has 0 spiro atoms. The maximum absolute atomic E-state index is 12.4. The van der Waals surface area contributed by atoms with Gasteiger partial charge in [0.15, 0.2) is 0 Å². The smallest absolute Gasteiger partial charge is 0.319 e. The van der Waals surface area contributed by atoms with Gasteiger partial charge in [0.05, 0.1) is 5.69 Å². The summed E-state index contributed by atoms with van der Waals surface area (Å²) in [5, 5.41) is 8.70. The fraction of sp³-hybridized carbons (Fsp3) is 0.346. The van der Waals surface area contributed by atoms with Crippen LogP contribution in [0.5, 0.6) is 0 Å². The molecule has 1 fully saturated rings. The molecule has 0 bridgehead atoms. The van der Waals surface area contributed by atoms with E-state index in [2.05, 4.69) is 20.9 Å². The second kappa shape index (κ2) is 10.8. The van der Waals surface area contributed by atoms with Crippen molar-refractivity contribution in [3.8, 4) is 11.5 Å². The van der Waals surface area contributed by atoms with Gasteiger partial charge in [-0.3, -0.25) is 4.79 Å². The Balaban J connectivity index is 1.20. The number of aromatic nitrogens is 1. The molecular weight excluding hydrogens is 416 g/mol. The van der Waals surface area contributed by atoms with Gasteiger partial charge in [-0.1, -0.05) is 37.0 Å². The number of carbonyl (C=O) groups excluding carboxylic acids is 2. The van der Waals surface area contributed by atoms with Crippen LogP contribution in [-0.2, 0) is 6.42 Å². The molecule has 1 aromatic heterocycles. The Hall–Kier alpha value is -3.61. The number of nitrogens with zero attached hydrogens (tertiary/aromatic N) is 1. The Kier molecular flexibility index (Phi) is 7.40. The lowest BCUT2D eigenvalue weighted by Crippen LogP contribution is -2.36. The first-order chi connectivity index (χ1) is 16.1. The van der Waals surface area contributed by atoms with Gasteiger partial charge in [0.2, 0.25) is 5.89 Å². The quantitative estimate of drug-likeness (QED) is 0.472. The van der Waals surface area contributed by atoms with Crippen LogP contribution in [-0.4, -0.2) is 29.5 Å². The van der Waals surface area contributed by atoms with Crippen LogP contribution in [0, 0.1) is 6.92 Å². The lowest BCUT2D eigenvalue weighted by Gasteiger charge is -2.22. The third-order valence-electron chi connectivity index (χ3n) is 5.86. The van der Waals surface area contributed by atoms with Crippen molar-refractivity contribution in [1.29, 1.82) is 0 Å². The number of nitrogens with one attached hydrogen (secondary N) is 3. The van der Waals surface area contributed by atoms with Crippen molar-refractivity contribution >= 4 is 17.6 Å². The van der Waals surface area contributed by atoms with Gasteiger partial charge in [-0.25, -0.2) is 9.78 Å².